The van der Waals surface area contributed by atoms with Gasteiger partial charge in [-0.15, -0.1) is 0 Å². The molecule has 0 fully saturated rings. The fourth-order valence-corrected chi connectivity index (χ4v) is 1.03. The van der Waals surface area contributed by atoms with Crippen molar-refractivity contribution in [1.29, 1.82) is 0 Å². The molecule has 16 heavy (non-hydrogen) atoms. The zero-order valence-corrected chi connectivity index (χ0v) is 8.65. The van der Waals surface area contributed by atoms with Crippen molar-refractivity contribution >= 4 is 5.91 Å². The summed E-state index contributed by atoms with van der Waals surface area (Å²) in [5.41, 5.74) is 11.1. The Morgan fingerprint density at radius 3 is 2.44 bits per heavy atom. The van der Waals surface area contributed by atoms with E-state index in [0.717, 1.165) is 0 Å². The topological polar surface area (TPSA) is 78.3 Å². The lowest BCUT2D eigenvalue weighted by molar-refractivity contribution is 0.100. The molecule has 1 aromatic rings. The molecule has 1 aromatic carbocycles. The lowest BCUT2D eigenvalue weighted by Gasteiger charge is -2.07. The highest BCUT2D eigenvalue weighted by molar-refractivity contribution is 5.92. The highest BCUT2D eigenvalue weighted by Crippen LogP contribution is 2.12. The molecule has 0 aliphatic rings. The van der Waals surface area contributed by atoms with E-state index in [-0.39, 0.29) is 13.2 Å². The second-order valence-electron chi connectivity index (χ2n) is 3.15. The van der Waals surface area contributed by atoms with Crippen LogP contribution in [0.15, 0.2) is 36.2 Å². The van der Waals surface area contributed by atoms with Crippen LogP contribution in [0.1, 0.15) is 10.4 Å². The standard InChI is InChI=1S/C11H13FN2O2/c12-5-8(6-13)7-16-10-3-1-9(2-4-10)11(14)15/h1-5H,6-7,13H2,(H2,14,15). The van der Waals surface area contributed by atoms with Gasteiger partial charge in [0, 0.05) is 17.7 Å². The number of rotatable bonds is 5. The molecule has 0 bridgehead atoms. The van der Waals surface area contributed by atoms with Gasteiger partial charge >= 0.3 is 0 Å². The van der Waals surface area contributed by atoms with E-state index in [2.05, 4.69) is 0 Å². The summed E-state index contributed by atoms with van der Waals surface area (Å²) in [6.07, 6.45) is 0.428. The highest BCUT2D eigenvalue weighted by Gasteiger charge is 2.01. The molecule has 0 radical (unpaired) electrons. The van der Waals surface area contributed by atoms with Gasteiger partial charge in [0.15, 0.2) is 0 Å². The summed E-state index contributed by atoms with van der Waals surface area (Å²) in [7, 11) is 0. The number of benzene rings is 1. The molecule has 0 aliphatic heterocycles. The van der Waals surface area contributed by atoms with Crippen molar-refractivity contribution < 1.29 is 13.9 Å². The van der Waals surface area contributed by atoms with Gasteiger partial charge in [-0.05, 0) is 24.3 Å². The molecular weight excluding hydrogens is 211 g/mol. The number of carbonyl (C=O) groups is 1. The first-order valence-electron chi connectivity index (χ1n) is 4.68. The minimum atomic E-state index is -0.502. The maximum atomic E-state index is 12.1. The van der Waals surface area contributed by atoms with Crippen LogP contribution in [0.4, 0.5) is 4.39 Å². The number of amides is 1. The lowest BCUT2D eigenvalue weighted by atomic mass is 10.2. The van der Waals surface area contributed by atoms with Crippen LogP contribution in [0, 0.1) is 0 Å². The first kappa shape index (κ1) is 12.2. The van der Waals surface area contributed by atoms with Crippen molar-refractivity contribution in [2.45, 2.75) is 0 Å². The molecule has 0 spiro atoms. The molecule has 1 rings (SSSR count). The average molecular weight is 224 g/mol. The van der Waals surface area contributed by atoms with Gasteiger partial charge < -0.3 is 16.2 Å². The quantitative estimate of drug-likeness (QED) is 0.782. The number of halogens is 1. The van der Waals surface area contributed by atoms with Crippen molar-refractivity contribution in [3.63, 3.8) is 0 Å². The summed E-state index contributed by atoms with van der Waals surface area (Å²) < 4.78 is 17.4. The van der Waals surface area contributed by atoms with E-state index in [1.54, 1.807) is 24.3 Å². The predicted octanol–water partition coefficient (Wildman–Crippen LogP) is 0.976. The third kappa shape index (κ3) is 3.36. The van der Waals surface area contributed by atoms with Gasteiger partial charge in [0.2, 0.25) is 5.91 Å². The van der Waals surface area contributed by atoms with Crippen LogP contribution in [-0.2, 0) is 0 Å². The largest absolute Gasteiger partial charge is 0.489 e. The second-order valence-corrected chi connectivity index (χ2v) is 3.15. The van der Waals surface area contributed by atoms with Gasteiger partial charge in [-0.2, -0.15) is 0 Å². The van der Waals surface area contributed by atoms with Crippen LogP contribution in [0.3, 0.4) is 0 Å². The Morgan fingerprint density at radius 1 is 1.38 bits per heavy atom. The van der Waals surface area contributed by atoms with Crippen molar-refractivity contribution in [2.75, 3.05) is 13.2 Å². The van der Waals surface area contributed by atoms with Crippen molar-refractivity contribution in [3.05, 3.63) is 41.7 Å². The molecule has 86 valence electrons. The summed E-state index contributed by atoms with van der Waals surface area (Å²) in [5, 5.41) is 0. The number of primary amides is 1. The van der Waals surface area contributed by atoms with E-state index in [1.807, 2.05) is 0 Å². The Bertz CT molecular complexity index is 387. The van der Waals surface area contributed by atoms with Gasteiger partial charge in [-0.1, -0.05) is 0 Å². The Labute approximate surface area is 92.7 Å². The van der Waals surface area contributed by atoms with E-state index < -0.39 is 5.91 Å². The maximum absolute atomic E-state index is 12.1. The molecule has 0 heterocycles. The number of nitrogens with two attached hydrogens (primary N) is 2. The third-order valence-corrected chi connectivity index (χ3v) is 1.98. The van der Waals surface area contributed by atoms with Crippen molar-refractivity contribution in [2.24, 2.45) is 11.5 Å². The Balaban J connectivity index is 2.59. The monoisotopic (exact) mass is 224 g/mol. The third-order valence-electron chi connectivity index (χ3n) is 1.98. The lowest BCUT2D eigenvalue weighted by Crippen LogP contribution is -2.12. The molecule has 4 nitrogen and oxygen atoms in total. The smallest absolute Gasteiger partial charge is 0.248 e. The maximum Gasteiger partial charge on any atom is 0.248 e. The molecule has 0 aliphatic carbocycles. The summed E-state index contributed by atoms with van der Waals surface area (Å²) in [6, 6.07) is 6.26. The van der Waals surface area contributed by atoms with Crippen LogP contribution >= 0.6 is 0 Å². The van der Waals surface area contributed by atoms with E-state index in [0.29, 0.717) is 23.2 Å². The number of hydrogen-bond acceptors (Lipinski definition) is 3. The van der Waals surface area contributed by atoms with Gasteiger partial charge in [-0.25, -0.2) is 4.39 Å². The van der Waals surface area contributed by atoms with E-state index in [9.17, 15) is 9.18 Å². The van der Waals surface area contributed by atoms with Gasteiger partial charge in [0.25, 0.3) is 0 Å². The normalized spacial score (nSPS) is 11.2. The van der Waals surface area contributed by atoms with Gasteiger partial charge in [0.05, 0.1) is 6.33 Å². The molecule has 0 atom stereocenters. The SMILES string of the molecule is NCC(=CF)COc1ccc(C(N)=O)cc1. The predicted molar refractivity (Wildman–Crippen MR) is 58.7 cm³/mol. The first-order chi connectivity index (χ1) is 7.67. The van der Waals surface area contributed by atoms with Crippen LogP contribution in [0.5, 0.6) is 5.75 Å². The van der Waals surface area contributed by atoms with E-state index in [1.165, 1.54) is 0 Å². The number of ether oxygens (including phenoxy) is 1. The number of carbonyl (C=O) groups excluding carboxylic acids is 1. The van der Waals surface area contributed by atoms with Crippen LogP contribution in [-0.4, -0.2) is 19.1 Å². The molecule has 0 aromatic heterocycles. The molecule has 4 N–H and O–H groups in total. The van der Waals surface area contributed by atoms with Crippen LogP contribution in [0.2, 0.25) is 0 Å². The van der Waals surface area contributed by atoms with Crippen molar-refractivity contribution in [3.8, 4) is 5.75 Å². The molecule has 0 saturated heterocycles. The molecule has 0 unspecified atom stereocenters. The summed E-state index contributed by atoms with van der Waals surface area (Å²) >= 11 is 0. The molecule has 1 amide bonds. The first-order valence-corrected chi connectivity index (χ1v) is 4.68. The zero-order valence-electron chi connectivity index (χ0n) is 8.65. The Kier molecular flexibility index (Phi) is 4.47. The van der Waals surface area contributed by atoms with Crippen LogP contribution in [0.25, 0.3) is 0 Å². The molecule has 5 heteroatoms. The fraction of sp³-hybridized carbons (Fsp3) is 0.182. The van der Waals surface area contributed by atoms with Gasteiger partial charge in [0.1, 0.15) is 12.4 Å². The minimum Gasteiger partial charge on any atom is -0.489 e. The van der Waals surface area contributed by atoms with Gasteiger partial charge in [-0.3, -0.25) is 4.79 Å². The minimum absolute atomic E-state index is 0.0862. The van der Waals surface area contributed by atoms with E-state index >= 15 is 0 Å². The number of hydrogen-bond donors (Lipinski definition) is 2. The van der Waals surface area contributed by atoms with Crippen molar-refractivity contribution in [1.82, 2.24) is 0 Å². The summed E-state index contributed by atoms with van der Waals surface area (Å²) in [4.78, 5) is 10.8. The second kappa shape index (κ2) is 5.87. The van der Waals surface area contributed by atoms with Crippen LogP contribution < -0.4 is 16.2 Å². The van der Waals surface area contributed by atoms with E-state index in [4.69, 9.17) is 16.2 Å². The summed E-state index contributed by atoms with van der Waals surface area (Å²) in [6.45, 7) is 0.193. The summed E-state index contributed by atoms with van der Waals surface area (Å²) in [5.74, 6) is 0.0238. The molecule has 0 saturated carbocycles. The molecular formula is C11H13FN2O2. The Morgan fingerprint density at radius 2 is 2.00 bits per heavy atom. The zero-order chi connectivity index (χ0) is 12.0. The highest BCUT2D eigenvalue weighted by atomic mass is 19.1. The fourth-order valence-electron chi connectivity index (χ4n) is 1.03. The average Bonchev–Trinajstić information content (AvgIpc) is 2.31. The Hall–Kier alpha value is -1.88.